The van der Waals surface area contributed by atoms with E-state index in [9.17, 15) is 52.7 Å². The minimum atomic E-state index is -5.02. The second kappa shape index (κ2) is 12.8. The quantitative estimate of drug-likeness (QED) is 0.176. The van der Waals surface area contributed by atoms with E-state index in [-0.39, 0.29) is 41.6 Å². The normalized spacial score (nSPS) is 17.6. The predicted octanol–water partition coefficient (Wildman–Crippen LogP) is 13.8. The zero-order valence-corrected chi connectivity index (χ0v) is 29.4. The first-order valence-corrected chi connectivity index (χ1v) is 20.2. The number of benzene rings is 4. The van der Waals surface area contributed by atoms with Gasteiger partial charge in [-0.25, -0.2) is 0 Å². The van der Waals surface area contributed by atoms with E-state index in [1.165, 1.54) is 12.1 Å². The van der Waals surface area contributed by atoms with Gasteiger partial charge in [0.15, 0.2) is 0 Å². The maximum atomic E-state index is 13.7. The van der Waals surface area contributed by atoms with Crippen molar-refractivity contribution in [2.24, 2.45) is 0 Å². The summed E-state index contributed by atoms with van der Waals surface area (Å²) in [5, 5.41) is 0. The van der Waals surface area contributed by atoms with Gasteiger partial charge in [-0.15, -0.1) is 0 Å². The van der Waals surface area contributed by atoms with Gasteiger partial charge in [-0.1, -0.05) is 0 Å². The van der Waals surface area contributed by atoms with Crippen LogP contribution in [0.4, 0.5) is 52.7 Å². The van der Waals surface area contributed by atoms with E-state index < -0.39 is 68.7 Å². The van der Waals surface area contributed by atoms with E-state index in [0.717, 1.165) is 26.4 Å². The Bertz CT molecular complexity index is 1870. The second-order valence-electron chi connectivity index (χ2n) is 12.8. The number of allylic oxidation sites excluding steroid dienone is 2. The van der Waals surface area contributed by atoms with Crippen LogP contribution in [0.5, 0.6) is 0 Å². The van der Waals surface area contributed by atoms with Gasteiger partial charge < -0.3 is 0 Å². The van der Waals surface area contributed by atoms with Gasteiger partial charge in [-0.05, 0) is 0 Å². The molecular weight excluding hydrogens is 776 g/mol. The molecule has 0 radical (unpaired) electrons. The zero-order chi connectivity index (χ0) is 37.4. The van der Waals surface area contributed by atoms with Gasteiger partial charge in [0.1, 0.15) is 0 Å². The van der Waals surface area contributed by atoms with Gasteiger partial charge in [0.05, 0.1) is 0 Å². The van der Waals surface area contributed by atoms with Crippen LogP contribution in [0.1, 0.15) is 72.5 Å². The molecular formula is C38H27F12Zr. The fourth-order valence-electron chi connectivity index (χ4n) is 7.39. The molecule has 51 heavy (non-hydrogen) atoms. The summed E-state index contributed by atoms with van der Waals surface area (Å²) < 4.78 is 165. The Hall–Kier alpha value is -3.60. The summed E-state index contributed by atoms with van der Waals surface area (Å²) >= 11 is -2.93. The molecule has 2 unspecified atom stereocenters. The molecule has 0 heterocycles. The van der Waals surface area contributed by atoms with Crippen LogP contribution in [0.25, 0.3) is 34.4 Å². The molecule has 0 bridgehead atoms. The average Bonchev–Trinajstić information content (AvgIpc) is 3.55. The Balaban J connectivity index is 1.45. The maximum absolute atomic E-state index is 13.7. The Morgan fingerprint density at radius 3 is 1.08 bits per heavy atom. The van der Waals surface area contributed by atoms with Crippen LogP contribution in [0, 0.1) is 0 Å². The molecule has 267 valence electrons. The van der Waals surface area contributed by atoms with Crippen LogP contribution in [0.3, 0.4) is 0 Å². The fourth-order valence-corrected chi connectivity index (χ4v) is 16.7. The summed E-state index contributed by atoms with van der Waals surface area (Å²) in [6.07, 6.45) is -16.5. The van der Waals surface area contributed by atoms with E-state index in [2.05, 4.69) is 0 Å². The molecule has 0 aromatic heterocycles. The molecule has 0 amide bonds. The van der Waals surface area contributed by atoms with Gasteiger partial charge in [-0.2, -0.15) is 0 Å². The number of fused-ring (bicyclic) bond motifs is 2. The summed E-state index contributed by atoms with van der Waals surface area (Å²) in [5.74, 6) is 0. The summed E-state index contributed by atoms with van der Waals surface area (Å²) in [7, 11) is 0. The number of alkyl halides is 12. The van der Waals surface area contributed by atoms with Crippen molar-refractivity contribution in [3.63, 3.8) is 0 Å². The standard InChI is InChI=1S/2C18H11F6.C2H5.Zr/c2*1-10-5-11-3-2-4-15(16(11)6-10)12-7-13(17(19,20)21)9-14(8-12)18(22,23)24;1-2;/h2*2-9H,1H3;1H2,2H3;. The van der Waals surface area contributed by atoms with Crippen molar-refractivity contribution in [1.82, 2.24) is 0 Å². The third-order valence-corrected chi connectivity index (χ3v) is 18.9. The van der Waals surface area contributed by atoms with Gasteiger partial charge in [-0.3, -0.25) is 0 Å². The second-order valence-corrected chi connectivity index (χ2v) is 20.2. The molecule has 4 aromatic rings. The molecule has 2 atom stereocenters. The van der Waals surface area contributed by atoms with E-state index in [1.54, 1.807) is 24.3 Å². The van der Waals surface area contributed by atoms with Crippen LogP contribution in [0.2, 0.25) is 4.13 Å². The van der Waals surface area contributed by atoms with Crippen LogP contribution >= 0.6 is 0 Å². The van der Waals surface area contributed by atoms with Crippen molar-refractivity contribution in [2.75, 3.05) is 0 Å². The summed E-state index contributed by atoms with van der Waals surface area (Å²) in [5.41, 5.74) is -1.34. The molecule has 0 fully saturated rings. The molecule has 0 spiro atoms. The van der Waals surface area contributed by atoms with Gasteiger partial charge in [0.2, 0.25) is 0 Å². The minimum absolute atomic E-state index is 0.0870. The number of hydrogen-bond donors (Lipinski definition) is 0. The van der Waals surface area contributed by atoms with Crippen molar-refractivity contribution in [2.45, 2.75) is 56.9 Å². The number of halogens is 12. The van der Waals surface area contributed by atoms with Gasteiger partial charge >= 0.3 is 294 Å². The molecule has 0 nitrogen and oxygen atoms in total. The Labute approximate surface area is 293 Å². The number of rotatable bonds is 5. The van der Waals surface area contributed by atoms with Crippen LogP contribution < -0.4 is 0 Å². The zero-order valence-electron chi connectivity index (χ0n) is 27.0. The Morgan fingerprint density at radius 2 is 0.804 bits per heavy atom. The fraction of sp³-hybridized carbons (Fsp3) is 0.263. The topological polar surface area (TPSA) is 0 Å². The van der Waals surface area contributed by atoms with E-state index >= 15 is 0 Å². The first kappa shape index (κ1) is 37.2. The molecule has 0 aliphatic heterocycles. The van der Waals surface area contributed by atoms with Crippen molar-refractivity contribution >= 4 is 12.2 Å². The van der Waals surface area contributed by atoms with Crippen molar-refractivity contribution in [1.29, 1.82) is 0 Å². The molecule has 0 saturated heterocycles. The van der Waals surface area contributed by atoms with Crippen LogP contribution in [-0.4, -0.2) is 0 Å². The molecule has 0 N–H and O–H groups in total. The summed E-state index contributed by atoms with van der Waals surface area (Å²) in [6, 6.07) is 12.8. The average molecular weight is 803 g/mol. The van der Waals surface area contributed by atoms with Gasteiger partial charge in [0.25, 0.3) is 0 Å². The third kappa shape index (κ3) is 6.99. The molecule has 4 aromatic carbocycles. The summed E-state index contributed by atoms with van der Waals surface area (Å²) in [4.78, 5) is 0. The Kier molecular flexibility index (Phi) is 9.34. The number of hydrogen-bond acceptors (Lipinski definition) is 0. The molecule has 6 rings (SSSR count). The molecule has 2 aliphatic carbocycles. The van der Waals surface area contributed by atoms with Crippen molar-refractivity contribution in [3.8, 4) is 22.3 Å². The first-order valence-electron chi connectivity index (χ1n) is 15.7. The molecule has 0 saturated carbocycles. The summed E-state index contributed by atoms with van der Waals surface area (Å²) in [6.45, 7) is 5.74. The third-order valence-electron chi connectivity index (χ3n) is 9.50. The monoisotopic (exact) mass is 801 g/mol. The van der Waals surface area contributed by atoms with Crippen molar-refractivity contribution < 1.29 is 74.4 Å². The molecule has 13 heteroatoms. The van der Waals surface area contributed by atoms with E-state index in [1.807, 2.05) is 32.9 Å². The van der Waals surface area contributed by atoms with Crippen LogP contribution in [-0.2, 0) is 46.5 Å². The molecule has 2 aliphatic rings. The van der Waals surface area contributed by atoms with E-state index in [4.69, 9.17) is 0 Å². The predicted molar refractivity (Wildman–Crippen MR) is 167 cm³/mol. The SMILES string of the molecule is C[CH2][Zr]([CH]1C(C)=Cc2c(-c3cc(C(F)(F)F)cc(C(F)(F)F)c3)cccc21)[CH]1C(C)=Cc2c(-c3cc(C(F)(F)F)cc(C(F)(F)F)c3)cccc21. The van der Waals surface area contributed by atoms with E-state index in [0.29, 0.717) is 35.4 Å². The van der Waals surface area contributed by atoms with Crippen molar-refractivity contribution in [3.05, 3.63) is 128 Å². The van der Waals surface area contributed by atoms with Gasteiger partial charge in [0, 0.05) is 0 Å². The Morgan fingerprint density at radius 1 is 0.490 bits per heavy atom. The van der Waals surface area contributed by atoms with Crippen LogP contribution in [0.15, 0.2) is 83.9 Å². The first-order chi connectivity index (χ1) is 23.6.